The molecule has 9 nitrogen and oxygen atoms in total. The summed E-state index contributed by atoms with van der Waals surface area (Å²) in [5.74, 6) is -2.57. The van der Waals surface area contributed by atoms with Gasteiger partial charge in [-0.25, -0.2) is 14.4 Å². The molecule has 3 aromatic heterocycles. The van der Waals surface area contributed by atoms with Crippen LogP contribution in [0.3, 0.4) is 0 Å². The Morgan fingerprint density at radius 1 is 1.24 bits per heavy atom. The predicted octanol–water partition coefficient (Wildman–Crippen LogP) is 2.58. The van der Waals surface area contributed by atoms with E-state index in [1.165, 1.54) is 24.4 Å². The SMILES string of the molecule is C[C@H]1O[C@@H](c2ccncc2NC(=O)c2ccc(F)c(-c3ccc(N)nc3F)n2)C[C@@H](N)[C@]1(C)O. The summed E-state index contributed by atoms with van der Waals surface area (Å²) in [4.78, 5) is 24.5. The molecule has 0 unspecified atom stereocenters. The van der Waals surface area contributed by atoms with Crippen LogP contribution in [0.25, 0.3) is 11.3 Å². The van der Waals surface area contributed by atoms with Gasteiger partial charge >= 0.3 is 0 Å². The first kappa shape index (κ1) is 23.6. The van der Waals surface area contributed by atoms with Crippen molar-refractivity contribution >= 4 is 17.4 Å². The molecule has 1 amide bonds. The number of nitrogens with zero attached hydrogens (tertiary/aromatic N) is 3. The van der Waals surface area contributed by atoms with Crippen molar-refractivity contribution in [3.8, 4) is 11.3 Å². The van der Waals surface area contributed by atoms with E-state index in [2.05, 4.69) is 20.3 Å². The molecule has 0 bridgehead atoms. The number of aromatic nitrogens is 3. The molecule has 0 spiro atoms. The van der Waals surface area contributed by atoms with Crippen LogP contribution >= 0.6 is 0 Å². The first-order valence-corrected chi connectivity index (χ1v) is 10.6. The molecular weight excluding hydrogens is 446 g/mol. The van der Waals surface area contributed by atoms with Crippen molar-refractivity contribution < 1.29 is 23.4 Å². The average molecular weight is 470 g/mol. The Labute approximate surface area is 194 Å². The van der Waals surface area contributed by atoms with E-state index in [-0.39, 0.29) is 22.8 Å². The minimum Gasteiger partial charge on any atom is -0.386 e. The van der Waals surface area contributed by atoms with E-state index in [1.807, 2.05) is 0 Å². The monoisotopic (exact) mass is 470 g/mol. The molecule has 1 saturated heterocycles. The molecule has 1 aliphatic rings. The van der Waals surface area contributed by atoms with E-state index in [9.17, 15) is 18.7 Å². The van der Waals surface area contributed by atoms with Crippen LogP contribution in [-0.4, -0.2) is 43.7 Å². The van der Waals surface area contributed by atoms with Gasteiger partial charge in [0.15, 0.2) is 0 Å². The largest absolute Gasteiger partial charge is 0.386 e. The lowest BCUT2D eigenvalue weighted by Gasteiger charge is -2.44. The number of nitrogen functional groups attached to an aromatic ring is 1. The summed E-state index contributed by atoms with van der Waals surface area (Å²) in [5.41, 5.74) is 10.6. The summed E-state index contributed by atoms with van der Waals surface area (Å²) in [7, 11) is 0. The summed E-state index contributed by atoms with van der Waals surface area (Å²) < 4.78 is 34.6. The number of anilines is 2. The number of nitrogens with two attached hydrogens (primary N) is 2. The van der Waals surface area contributed by atoms with Gasteiger partial charge in [0, 0.05) is 17.8 Å². The number of hydrogen-bond acceptors (Lipinski definition) is 8. The highest BCUT2D eigenvalue weighted by Gasteiger charge is 2.43. The Bertz CT molecular complexity index is 1230. The molecule has 1 fully saturated rings. The number of rotatable bonds is 4. The van der Waals surface area contributed by atoms with Crippen LogP contribution in [0.15, 0.2) is 42.7 Å². The molecule has 3 aromatic rings. The normalized spacial score (nSPS) is 24.6. The molecule has 178 valence electrons. The zero-order valence-electron chi connectivity index (χ0n) is 18.5. The number of aliphatic hydroxyl groups is 1. The van der Waals surface area contributed by atoms with Crippen molar-refractivity contribution in [2.24, 2.45) is 5.73 Å². The Kier molecular flexibility index (Phi) is 6.26. The molecular formula is C23H24F2N6O3. The van der Waals surface area contributed by atoms with Crippen LogP contribution in [0.1, 0.15) is 42.4 Å². The minimum absolute atomic E-state index is 0.0693. The number of pyridine rings is 3. The van der Waals surface area contributed by atoms with Gasteiger partial charge in [0.05, 0.1) is 29.7 Å². The molecule has 11 heteroatoms. The standard InChI is InChI=1S/C23H24F2N6O3/c1-11-23(2,33)18(26)9-17(34-11)12-7-8-28-10-16(12)30-22(32)15-5-4-14(24)20(29-15)13-3-6-19(27)31-21(13)25/h3-8,10-11,17-18,33H,9,26H2,1-2H3,(H2,27,31)(H,30,32)/t11-,17-,18-,23-/m1/s1. The lowest BCUT2D eigenvalue weighted by atomic mass is 9.83. The maximum absolute atomic E-state index is 14.4. The zero-order valence-corrected chi connectivity index (χ0v) is 18.5. The lowest BCUT2D eigenvalue weighted by molar-refractivity contribution is -0.171. The summed E-state index contributed by atoms with van der Waals surface area (Å²) in [5, 5.41) is 13.2. The van der Waals surface area contributed by atoms with Gasteiger partial charge in [-0.15, -0.1) is 0 Å². The molecule has 6 N–H and O–H groups in total. The van der Waals surface area contributed by atoms with E-state index >= 15 is 0 Å². The van der Waals surface area contributed by atoms with Crippen LogP contribution in [0, 0.1) is 11.8 Å². The Morgan fingerprint density at radius 3 is 2.71 bits per heavy atom. The average Bonchev–Trinajstić information content (AvgIpc) is 2.78. The fourth-order valence-corrected chi connectivity index (χ4v) is 3.77. The fraction of sp³-hybridized carbons (Fsp3) is 0.304. The van der Waals surface area contributed by atoms with Gasteiger partial charge in [-0.2, -0.15) is 4.39 Å². The van der Waals surface area contributed by atoms with Crippen molar-refractivity contribution in [3.05, 3.63) is 65.7 Å². The third kappa shape index (κ3) is 4.45. The van der Waals surface area contributed by atoms with Gasteiger partial charge in [0.25, 0.3) is 5.91 Å². The molecule has 4 rings (SSSR count). The summed E-state index contributed by atoms with van der Waals surface area (Å²) in [6.45, 7) is 3.34. The first-order chi connectivity index (χ1) is 16.1. The second kappa shape index (κ2) is 9.01. The van der Waals surface area contributed by atoms with E-state index in [0.29, 0.717) is 17.7 Å². The highest BCUT2D eigenvalue weighted by molar-refractivity contribution is 6.03. The van der Waals surface area contributed by atoms with E-state index in [0.717, 1.165) is 6.07 Å². The number of hydrogen-bond donors (Lipinski definition) is 4. The van der Waals surface area contributed by atoms with Crippen LogP contribution in [0.4, 0.5) is 20.3 Å². The van der Waals surface area contributed by atoms with Crippen LogP contribution in [-0.2, 0) is 4.74 Å². The third-order valence-corrected chi connectivity index (χ3v) is 6.06. The van der Waals surface area contributed by atoms with Crippen molar-refractivity contribution in [2.75, 3.05) is 11.1 Å². The second-order valence-corrected chi connectivity index (χ2v) is 8.35. The van der Waals surface area contributed by atoms with Crippen LogP contribution < -0.4 is 16.8 Å². The number of halogens is 2. The Hall–Kier alpha value is -3.54. The van der Waals surface area contributed by atoms with Crippen molar-refractivity contribution in [2.45, 2.75) is 44.1 Å². The topological polar surface area (TPSA) is 149 Å². The van der Waals surface area contributed by atoms with Gasteiger partial charge in [-0.05, 0) is 50.6 Å². The predicted molar refractivity (Wildman–Crippen MR) is 120 cm³/mol. The van der Waals surface area contributed by atoms with Crippen molar-refractivity contribution in [1.29, 1.82) is 0 Å². The van der Waals surface area contributed by atoms with E-state index < -0.39 is 41.5 Å². The maximum Gasteiger partial charge on any atom is 0.274 e. The van der Waals surface area contributed by atoms with E-state index in [1.54, 1.807) is 26.1 Å². The molecule has 0 saturated carbocycles. The minimum atomic E-state index is -1.20. The number of carbonyl (C=O) groups excluding carboxylic acids is 1. The van der Waals surface area contributed by atoms with Crippen molar-refractivity contribution in [1.82, 2.24) is 15.0 Å². The van der Waals surface area contributed by atoms with Gasteiger partial charge < -0.3 is 26.6 Å². The van der Waals surface area contributed by atoms with Crippen LogP contribution in [0.2, 0.25) is 0 Å². The maximum atomic E-state index is 14.4. The third-order valence-electron chi connectivity index (χ3n) is 6.06. The number of amides is 1. The van der Waals surface area contributed by atoms with Gasteiger partial charge in [0.1, 0.15) is 28.6 Å². The quantitative estimate of drug-likeness (QED) is 0.425. The number of carbonyl (C=O) groups is 1. The molecule has 34 heavy (non-hydrogen) atoms. The van der Waals surface area contributed by atoms with E-state index in [4.69, 9.17) is 16.2 Å². The molecule has 0 radical (unpaired) electrons. The lowest BCUT2D eigenvalue weighted by Crippen LogP contribution is -2.58. The zero-order chi connectivity index (χ0) is 24.6. The highest BCUT2D eigenvalue weighted by Crippen LogP contribution is 2.38. The molecule has 1 aliphatic heterocycles. The van der Waals surface area contributed by atoms with Gasteiger partial charge in [-0.1, -0.05) is 0 Å². The number of nitrogens with one attached hydrogen (secondary N) is 1. The molecule has 0 aromatic carbocycles. The number of ether oxygens (including phenoxy) is 1. The molecule has 0 aliphatic carbocycles. The fourth-order valence-electron chi connectivity index (χ4n) is 3.77. The summed E-state index contributed by atoms with van der Waals surface area (Å²) >= 11 is 0. The smallest absolute Gasteiger partial charge is 0.274 e. The van der Waals surface area contributed by atoms with Gasteiger partial charge in [-0.3, -0.25) is 9.78 Å². The second-order valence-electron chi connectivity index (χ2n) is 8.35. The summed E-state index contributed by atoms with van der Waals surface area (Å²) in [6, 6.07) is 5.87. The Balaban J connectivity index is 1.61. The summed E-state index contributed by atoms with van der Waals surface area (Å²) in [6.07, 6.45) is 2.24. The Morgan fingerprint density at radius 2 is 2.00 bits per heavy atom. The highest BCUT2D eigenvalue weighted by atomic mass is 19.1. The first-order valence-electron chi connectivity index (χ1n) is 10.6. The molecule has 4 atom stereocenters. The van der Waals surface area contributed by atoms with Crippen molar-refractivity contribution in [3.63, 3.8) is 0 Å². The van der Waals surface area contributed by atoms with Gasteiger partial charge in [0.2, 0.25) is 5.95 Å². The molecule has 4 heterocycles. The van der Waals surface area contributed by atoms with Crippen LogP contribution in [0.5, 0.6) is 0 Å².